The average molecular weight is 529 g/mol. The molecule has 0 spiro atoms. The first-order valence-electron chi connectivity index (χ1n) is 12.9. The van der Waals surface area contributed by atoms with E-state index in [4.69, 9.17) is 9.47 Å². The molecule has 38 heavy (non-hydrogen) atoms. The van der Waals surface area contributed by atoms with Crippen LogP contribution in [0.15, 0.2) is 36.4 Å². The molecule has 2 heterocycles. The van der Waals surface area contributed by atoms with Gasteiger partial charge in [0.2, 0.25) is 5.91 Å². The number of anilines is 1. The summed E-state index contributed by atoms with van der Waals surface area (Å²) in [6.07, 6.45) is 1.62. The second-order valence-electron chi connectivity index (χ2n) is 10.2. The summed E-state index contributed by atoms with van der Waals surface area (Å²) in [5, 5.41) is 6.05. The number of aromatic nitrogens is 1. The second kappa shape index (κ2) is 13.2. The number of esters is 1. The summed E-state index contributed by atoms with van der Waals surface area (Å²) in [5.74, 6) is -0.687. The number of fused-ring (bicyclic) bond motifs is 1. The Labute approximate surface area is 223 Å². The highest BCUT2D eigenvalue weighted by Crippen LogP contribution is 2.21. The Bertz CT molecular complexity index is 1130. The van der Waals surface area contributed by atoms with Crippen LogP contribution in [0.25, 0.3) is 0 Å². The van der Waals surface area contributed by atoms with Crippen LogP contribution < -0.4 is 10.6 Å². The molecule has 9 nitrogen and oxygen atoms in total. The van der Waals surface area contributed by atoms with Crippen LogP contribution in [0.3, 0.4) is 0 Å². The monoisotopic (exact) mass is 528 g/mol. The number of carbonyl (C=O) groups is 3. The fourth-order valence-corrected chi connectivity index (χ4v) is 4.09. The molecule has 2 N–H and O–H groups in total. The normalized spacial score (nSPS) is 13.5. The maximum atomic E-state index is 13.9. The number of rotatable bonds is 10. The number of aryl methyl sites for hydroxylation is 1. The van der Waals surface area contributed by atoms with Crippen molar-refractivity contribution in [3.63, 3.8) is 0 Å². The van der Waals surface area contributed by atoms with Gasteiger partial charge in [0.05, 0.1) is 19.1 Å². The quantitative estimate of drug-likeness (QED) is 0.446. The van der Waals surface area contributed by atoms with Gasteiger partial charge in [-0.2, -0.15) is 0 Å². The summed E-state index contributed by atoms with van der Waals surface area (Å²) in [6, 6.07) is 8.79. The summed E-state index contributed by atoms with van der Waals surface area (Å²) in [7, 11) is 0. The summed E-state index contributed by atoms with van der Waals surface area (Å²) in [6.45, 7) is 7.86. The number of nitrogens with one attached hydrogen (secondary N) is 2. The number of amides is 2. The first kappa shape index (κ1) is 28.9. The number of halogens is 1. The Balaban J connectivity index is 1.73. The molecule has 206 valence electrons. The maximum absolute atomic E-state index is 13.9. The van der Waals surface area contributed by atoms with E-state index in [0.29, 0.717) is 12.0 Å². The highest BCUT2D eigenvalue weighted by atomic mass is 19.1. The lowest BCUT2D eigenvalue weighted by Gasteiger charge is -2.28. The van der Waals surface area contributed by atoms with Crippen LogP contribution >= 0.6 is 0 Å². The molecule has 0 aliphatic carbocycles. The van der Waals surface area contributed by atoms with Gasteiger partial charge in [-0.15, -0.1) is 0 Å². The van der Waals surface area contributed by atoms with Crippen LogP contribution in [0.2, 0.25) is 0 Å². The van der Waals surface area contributed by atoms with Crippen molar-refractivity contribution in [3.05, 3.63) is 59.0 Å². The predicted molar refractivity (Wildman–Crippen MR) is 141 cm³/mol. The molecular formula is C28H37FN4O5. The number of nitrogens with zero attached hydrogens (tertiary/aromatic N) is 2. The largest absolute Gasteiger partial charge is 0.466 e. The van der Waals surface area contributed by atoms with E-state index in [1.165, 1.54) is 23.1 Å². The van der Waals surface area contributed by atoms with E-state index in [0.717, 1.165) is 36.5 Å². The molecule has 0 saturated heterocycles. The predicted octanol–water partition coefficient (Wildman–Crippen LogP) is 4.17. The second-order valence-corrected chi connectivity index (χ2v) is 10.2. The summed E-state index contributed by atoms with van der Waals surface area (Å²) in [5.41, 5.74) is 1.61. The van der Waals surface area contributed by atoms with E-state index < -0.39 is 35.4 Å². The van der Waals surface area contributed by atoms with Crippen LogP contribution in [0, 0.1) is 5.82 Å². The standard InChI is InChI=1S/C28H37FN4O5/c1-5-37-25(35)17-23(20-8-6-10-21(29)16-20)32-24(34)18-33(27(36)38-28(2,3)4)15-13-22-12-11-19-9-7-14-30-26(19)31-22/h6,8,10-12,16,23H,5,7,9,13-15,17-18H2,1-4H3,(H,30,31)(H,32,34). The number of carbonyl (C=O) groups excluding carboxylic acids is 3. The van der Waals surface area contributed by atoms with Gasteiger partial charge >= 0.3 is 12.1 Å². The van der Waals surface area contributed by atoms with E-state index in [1.807, 2.05) is 12.1 Å². The molecule has 2 amide bonds. The molecule has 1 aliphatic heterocycles. The first-order valence-corrected chi connectivity index (χ1v) is 12.9. The lowest BCUT2D eigenvalue weighted by molar-refractivity contribution is -0.143. The molecule has 1 aromatic carbocycles. The third-order valence-corrected chi connectivity index (χ3v) is 5.84. The Kier molecular flexibility index (Phi) is 10.0. The molecule has 0 fully saturated rings. The van der Waals surface area contributed by atoms with Crippen molar-refractivity contribution in [3.8, 4) is 0 Å². The Hall–Kier alpha value is -3.69. The Morgan fingerprint density at radius 2 is 2.00 bits per heavy atom. The number of ether oxygens (including phenoxy) is 2. The minimum absolute atomic E-state index is 0.179. The molecule has 10 heteroatoms. The van der Waals surface area contributed by atoms with Gasteiger partial charge in [-0.05, 0) is 69.9 Å². The summed E-state index contributed by atoms with van der Waals surface area (Å²) < 4.78 is 24.4. The van der Waals surface area contributed by atoms with Gasteiger partial charge in [-0.3, -0.25) is 14.5 Å². The number of pyridine rings is 1. The van der Waals surface area contributed by atoms with Crippen molar-refractivity contribution >= 4 is 23.8 Å². The lowest BCUT2D eigenvalue weighted by Crippen LogP contribution is -2.45. The molecule has 0 bridgehead atoms. The van der Waals surface area contributed by atoms with Crippen LogP contribution in [-0.4, -0.2) is 59.7 Å². The van der Waals surface area contributed by atoms with E-state index in [2.05, 4.69) is 15.6 Å². The van der Waals surface area contributed by atoms with Crippen molar-refractivity contribution in [1.29, 1.82) is 0 Å². The van der Waals surface area contributed by atoms with E-state index in [-0.39, 0.29) is 26.1 Å². The highest BCUT2D eigenvalue weighted by Gasteiger charge is 2.26. The minimum Gasteiger partial charge on any atom is -0.466 e. The molecule has 1 unspecified atom stereocenters. The van der Waals surface area contributed by atoms with Crippen molar-refractivity contribution in [2.75, 3.05) is 31.6 Å². The number of benzene rings is 1. The van der Waals surface area contributed by atoms with Gasteiger partial charge in [0.1, 0.15) is 23.8 Å². The highest BCUT2D eigenvalue weighted by molar-refractivity contribution is 5.83. The molecule has 0 radical (unpaired) electrons. The fourth-order valence-electron chi connectivity index (χ4n) is 4.09. The fraction of sp³-hybridized carbons (Fsp3) is 0.500. The molecule has 1 aliphatic rings. The molecule has 3 rings (SSSR count). The van der Waals surface area contributed by atoms with Gasteiger partial charge in [-0.1, -0.05) is 18.2 Å². The smallest absolute Gasteiger partial charge is 0.410 e. The summed E-state index contributed by atoms with van der Waals surface area (Å²) in [4.78, 5) is 44.2. The molecule has 1 aromatic heterocycles. The van der Waals surface area contributed by atoms with Gasteiger partial charge in [0, 0.05) is 25.2 Å². The zero-order valence-electron chi connectivity index (χ0n) is 22.5. The Morgan fingerprint density at radius 1 is 1.21 bits per heavy atom. The van der Waals surface area contributed by atoms with E-state index >= 15 is 0 Å². The lowest BCUT2D eigenvalue weighted by atomic mass is 10.0. The third kappa shape index (κ3) is 9.00. The molecule has 1 atom stereocenters. The van der Waals surface area contributed by atoms with Gasteiger partial charge in [0.25, 0.3) is 0 Å². The third-order valence-electron chi connectivity index (χ3n) is 5.84. The van der Waals surface area contributed by atoms with Crippen LogP contribution in [0.1, 0.15) is 63.4 Å². The van der Waals surface area contributed by atoms with Crippen molar-refractivity contribution in [1.82, 2.24) is 15.2 Å². The molecule has 2 aromatic rings. The number of hydrogen-bond acceptors (Lipinski definition) is 7. The van der Waals surface area contributed by atoms with Gasteiger partial charge in [-0.25, -0.2) is 14.2 Å². The van der Waals surface area contributed by atoms with Crippen LogP contribution in [0.5, 0.6) is 0 Å². The van der Waals surface area contributed by atoms with Gasteiger partial charge < -0.3 is 20.1 Å². The topological polar surface area (TPSA) is 110 Å². The SMILES string of the molecule is CCOC(=O)CC(NC(=O)CN(CCc1ccc2c(n1)NCCC2)C(=O)OC(C)(C)C)c1cccc(F)c1. The average Bonchev–Trinajstić information content (AvgIpc) is 2.85. The zero-order chi connectivity index (χ0) is 27.7. The van der Waals surface area contributed by atoms with Gasteiger partial charge in [0.15, 0.2) is 0 Å². The number of hydrogen-bond donors (Lipinski definition) is 2. The Morgan fingerprint density at radius 3 is 2.71 bits per heavy atom. The summed E-state index contributed by atoms with van der Waals surface area (Å²) >= 11 is 0. The van der Waals surface area contributed by atoms with Crippen molar-refractivity contribution in [2.45, 2.75) is 65.0 Å². The maximum Gasteiger partial charge on any atom is 0.410 e. The zero-order valence-corrected chi connectivity index (χ0v) is 22.5. The van der Waals surface area contributed by atoms with Crippen LogP contribution in [-0.2, 0) is 31.9 Å². The molecular weight excluding hydrogens is 491 g/mol. The van der Waals surface area contributed by atoms with E-state index in [9.17, 15) is 18.8 Å². The minimum atomic E-state index is -0.828. The molecule has 0 saturated carbocycles. The van der Waals surface area contributed by atoms with Crippen LogP contribution in [0.4, 0.5) is 15.0 Å². The van der Waals surface area contributed by atoms with Crippen molar-refractivity contribution in [2.24, 2.45) is 0 Å². The van der Waals surface area contributed by atoms with E-state index in [1.54, 1.807) is 33.8 Å². The van der Waals surface area contributed by atoms with Crippen molar-refractivity contribution < 1.29 is 28.2 Å². The first-order chi connectivity index (χ1) is 18.0.